The largest absolute Gasteiger partial charge is 0.373 e. The molecule has 1 aromatic heterocycles. The fourth-order valence-electron chi connectivity index (χ4n) is 2.52. The topological polar surface area (TPSA) is 37.4 Å². The minimum Gasteiger partial charge on any atom is -0.373 e. The number of nitrogens with one attached hydrogen (secondary N) is 1. The molecule has 1 saturated heterocycles. The highest BCUT2D eigenvalue weighted by Crippen LogP contribution is 2.16. The van der Waals surface area contributed by atoms with E-state index in [4.69, 9.17) is 9.72 Å². The molecule has 4 nitrogen and oxygen atoms in total. The molecular weight excluding hydrogens is 258 g/mol. The summed E-state index contributed by atoms with van der Waals surface area (Å²) in [5.74, 6) is 0. The van der Waals surface area contributed by atoms with Crippen molar-refractivity contribution in [2.24, 2.45) is 0 Å². The highest BCUT2D eigenvalue weighted by Gasteiger charge is 2.22. The summed E-state index contributed by atoms with van der Waals surface area (Å²) < 4.78 is 5.76. The number of morpholine rings is 1. The summed E-state index contributed by atoms with van der Waals surface area (Å²) >= 11 is 1.76. The number of hydrogen-bond acceptors (Lipinski definition) is 5. The summed E-state index contributed by atoms with van der Waals surface area (Å²) in [6.45, 7) is 11.4. The summed E-state index contributed by atoms with van der Waals surface area (Å²) in [5.41, 5.74) is 1.19. The van der Waals surface area contributed by atoms with Gasteiger partial charge in [0.05, 0.1) is 17.9 Å². The van der Waals surface area contributed by atoms with Crippen molar-refractivity contribution in [1.82, 2.24) is 15.2 Å². The average molecular weight is 283 g/mol. The maximum Gasteiger partial charge on any atom is 0.107 e. The number of aromatic nitrogens is 1. The summed E-state index contributed by atoms with van der Waals surface area (Å²) in [7, 11) is 0. The zero-order valence-corrected chi connectivity index (χ0v) is 13.0. The summed E-state index contributed by atoms with van der Waals surface area (Å²) in [4.78, 5) is 7.14. The van der Waals surface area contributed by atoms with E-state index in [0.717, 1.165) is 32.7 Å². The van der Waals surface area contributed by atoms with E-state index in [9.17, 15) is 0 Å². The van der Waals surface area contributed by atoms with Gasteiger partial charge in [-0.15, -0.1) is 11.3 Å². The van der Waals surface area contributed by atoms with E-state index in [0.29, 0.717) is 12.2 Å². The monoisotopic (exact) mass is 283 g/mol. The zero-order valence-electron chi connectivity index (χ0n) is 12.2. The van der Waals surface area contributed by atoms with Crippen LogP contribution in [0.1, 0.15) is 37.9 Å². The van der Waals surface area contributed by atoms with Crippen molar-refractivity contribution < 1.29 is 4.74 Å². The SMILES string of the molecule is CCCNCc1nc(CN2CC(C)OC(C)C2)cs1. The molecule has 1 fully saturated rings. The summed E-state index contributed by atoms with van der Waals surface area (Å²) in [6, 6.07) is 0. The van der Waals surface area contributed by atoms with Gasteiger partial charge < -0.3 is 10.1 Å². The Bertz CT molecular complexity index is 373. The third-order valence-electron chi connectivity index (χ3n) is 3.18. The Morgan fingerprint density at radius 1 is 1.42 bits per heavy atom. The molecule has 0 aromatic carbocycles. The lowest BCUT2D eigenvalue weighted by Crippen LogP contribution is -2.44. The van der Waals surface area contributed by atoms with Crippen LogP contribution >= 0.6 is 11.3 Å². The molecule has 1 aromatic rings. The molecule has 2 unspecified atom stereocenters. The maximum absolute atomic E-state index is 5.76. The van der Waals surface area contributed by atoms with Gasteiger partial charge in [0.1, 0.15) is 5.01 Å². The van der Waals surface area contributed by atoms with Crippen LogP contribution in [0.25, 0.3) is 0 Å². The second-order valence-corrected chi connectivity index (χ2v) is 6.30. The van der Waals surface area contributed by atoms with Crippen molar-refractivity contribution in [2.75, 3.05) is 19.6 Å². The Morgan fingerprint density at radius 2 is 2.16 bits per heavy atom. The van der Waals surface area contributed by atoms with Crippen molar-refractivity contribution in [1.29, 1.82) is 0 Å². The van der Waals surface area contributed by atoms with Crippen LogP contribution < -0.4 is 5.32 Å². The molecule has 19 heavy (non-hydrogen) atoms. The number of ether oxygens (including phenoxy) is 1. The lowest BCUT2D eigenvalue weighted by atomic mass is 10.2. The quantitative estimate of drug-likeness (QED) is 0.813. The predicted octanol–water partition coefficient (Wildman–Crippen LogP) is 2.25. The minimum atomic E-state index is 0.327. The van der Waals surface area contributed by atoms with Gasteiger partial charge in [-0.1, -0.05) is 6.92 Å². The lowest BCUT2D eigenvalue weighted by molar-refractivity contribution is -0.0707. The van der Waals surface area contributed by atoms with Crippen LogP contribution in [0.2, 0.25) is 0 Å². The average Bonchev–Trinajstić information content (AvgIpc) is 2.76. The van der Waals surface area contributed by atoms with Crippen LogP contribution in [0.4, 0.5) is 0 Å². The van der Waals surface area contributed by atoms with Crippen LogP contribution in [0, 0.1) is 0 Å². The van der Waals surface area contributed by atoms with E-state index in [1.165, 1.54) is 17.1 Å². The highest BCUT2D eigenvalue weighted by atomic mass is 32.1. The Morgan fingerprint density at radius 3 is 2.84 bits per heavy atom. The van der Waals surface area contributed by atoms with E-state index < -0.39 is 0 Å². The van der Waals surface area contributed by atoms with Crippen LogP contribution in [-0.2, 0) is 17.8 Å². The fourth-order valence-corrected chi connectivity index (χ4v) is 3.27. The number of rotatable bonds is 6. The molecule has 0 radical (unpaired) electrons. The standard InChI is InChI=1S/C14H25N3OS/c1-4-5-15-6-14-16-13(10-19-14)9-17-7-11(2)18-12(3)8-17/h10-12,15H,4-9H2,1-3H3. The minimum absolute atomic E-state index is 0.327. The van der Waals surface area contributed by atoms with Gasteiger partial charge in [0, 0.05) is 31.6 Å². The molecule has 0 bridgehead atoms. The smallest absolute Gasteiger partial charge is 0.107 e. The second-order valence-electron chi connectivity index (χ2n) is 5.36. The first-order chi connectivity index (χ1) is 9.17. The first-order valence-electron chi connectivity index (χ1n) is 7.19. The molecule has 0 aliphatic carbocycles. The van der Waals surface area contributed by atoms with Crippen molar-refractivity contribution in [3.63, 3.8) is 0 Å². The van der Waals surface area contributed by atoms with E-state index in [2.05, 4.69) is 36.4 Å². The molecular formula is C14H25N3OS. The third-order valence-corrected chi connectivity index (χ3v) is 4.08. The molecule has 2 heterocycles. The molecule has 0 spiro atoms. The normalized spacial score (nSPS) is 24.8. The van der Waals surface area contributed by atoms with Crippen LogP contribution in [-0.4, -0.2) is 41.7 Å². The summed E-state index contributed by atoms with van der Waals surface area (Å²) in [5, 5.41) is 6.78. The van der Waals surface area contributed by atoms with Crippen LogP contribution in [0.3, 0.4) is 0 Å². The molecule has 1 aliphatic heterocycles. The van der Waals surface area contributed by atoms with E-state index in [1.54, 1.807) is 11.3 Å². The van der Waals surface area contributed by atoms with E-state index in [-0.39, 0.29) is 0 Å². The van der Waals surface area contributed by atoms with E-state index in [1.807, 2.05) is 0 Å². The Hall–Kier alpha value is -0.490. The molecule has 0 amide bonds. The fraction of sp³-hybridized carbons (Fsp3) is 0.786. The molecule has 1 aliphatic rings. The Kier molecular flexibility index (Phi) is 5.76. The van der Waals surface area contributed by atoms with Crippen molar-refractivity contribution in [2.45, 2.75) is 52.5 Å². The van der Waals surface area contributed by atoms with Gasteiger partial charge in [0.2, 0.25) is 0 Å². The first kappa shape index (κ1) is 14.9. The lowest BCUT2D eigenvalue weighted by Gasteiger charge is -2.34. The maximum atomic E-state index is 5.76. The van der Waals surface area contributed by atoms with E-state index >= 15 is 0 Å². The van der Waals surface area contributed by atoms with Crippen molar-refractivity contribution in [3.05, 3.63) is 16.1 Å². The second kappa shape index (κ2) is 7.33. The van der Waals surface area contributed by atoms with Crippen molar-refractivity contribution >= 4 is 11.3 Å². The Balaban J connectivity index is 1.82. The molecule has 108 valence electrons. The number of thiazole rings is 1. The number of hydrogen-bond donors (Lipinski definition) is 1. The molecule has 2 atom stereocenters. The van der Waals surface area contributed by atoms with Gasteiger partial charge in [-0.2, -0.15) is 0 Å². The highest BCUT2D eigenvalue weighted by molar-refractivity contribution is 7.09. The molecule has 1 N–H and O–H groups in total. The third kappa shape index (κ3) is 4.84. The van der Waals surface area contributed by atoms with Gasteiger partial charge in [0.15, 0.2) is 0 Å². The van der Waals surface area contributed by atoms with Crippen LogP contribution in [0.5, 0.6) is 0 Å². The van der Waals surface area contributed by atoms with Crippen molar-refractivity contribution in [3.8, 4) is 0 Å². The number of nitrogens with zero attached hydrogens (tertiary/aromatic N) is 2. The van der Waals surface area contributed by atoms with Gasteiger partial charge in [-0.3, -0.25) is 4.90 Å². The van der Waals surface area contributed by atoms with Gasteiger partial charge in [-0.25, -0.2) is 4.98 Å². The van der Waals surface area contributed by atoms with Gasteiger partial charge in [0.25, 0.3) is 0 Å². The molecule has 2 rings (SSSR count). The molecule has 5 heteroatoms. The predicted molar refractivity (Wildman–Crippen MR) is 79.4 cm³/mol. The van der Waals surface area contributed by atoms with Crippen LogP contribution in [0.15, 0.2) is 5.38 Å². The zero-order chi connectivity index (χ0) is 13.7. The van der Waals surface area contributed by atoms with Gasteiger partial charge in [-0.05, 0) is 26.8 Å². The first-order valence-corrected chi connectivity index (χ1v) is 8.07. The Labute approximate surface area is 120 Å². The summed E-state index contributed by atoms with van der Waals surface area (Å²) in [6.07, 6.45) is 1.82. The van der Waals surface area contributed by atoms with Gasteiger partial charge >= 0.3 is 0 Å². The molecule has 0 saturated carbocycles.